The van der Waals surface area contributed by atoms with E-state index in [0.717, 1.165) is 0 Å². The third kappa shape index (κ3) is 1.32. The molecule has 1 N–H and O–H groups in total. The molecule has 0 saturated carbocycles. The Kier molecular flexibility index (Phi) is 2.21. The number of fused-ring (bicyclic) bond motifs is 2. The lowest BCUT2D eigenvalue weighted by molar-refractivity contribution is 0.474. The quantitative estimate of drug-likeness (QED) is 0.553. The van der Waals surface area contributed by atoms with Crippen LogP contribution in [0.1, 0.15) is 0 Å². The number of halogens is 2. The average molecular weight is 420 g/mol. The summed E-state index contributed by atoms with van der Waals surface area (Å²) in [6.07, 6.45) is 0. The Morgan fingerprint density at radius 1 is 0.867 bits per heavy atom. The van der Waals surface area contributed by atoms with Crippen LogP contribution in [-0.4, -0.2) is 5.11 Å². The Bertz CT molecular complexity index is 750. The second-order valence-electron chi connectivity index (χ2n) is 3.51. The Morgan fingerprint density at radius 3 is 2.40 bits per heavy atom. The Labute approximate surface area is 113 Å². The minimum absolute atomic E-state index is 0.342. The molecule has 1 aliphatic rings. The number of hydrogen-bond acceptors (Lipinski definition) is 1. The molecule has 0 aromatic heterocycles. The van der Waals surface area contributed by atoms with Crippen LogP contribution in [0.5, 0.6) is 5.75 Å². The number of hydrogen-bond donors (Lipinski definition) is 1. The Balaban J connectivity index is 2.63. The van der Waals surface area contributed by atoms with Crippen LogP contribution in [0.3, 0.4) is 0 Å². The SMILES string of the molecule is Oc1ccc2c(c1)=c1c(I)c(I)ccc1=2. The number of benzene rings is 2. The molecule has 0 fully saturated rings. The van der Waals surface area contributed by atoms with E-state index in [0.29, 0.717) is 5.75 Å². The fraction of sp³-hybridized carbons (Fsp3) is 0. The van der Waals surface area contributed by atoms with Gasteiger partial charge in [-0.25, -0.2) is 0 Å². The van der Waals surface area contributed by atoms with E-state index in [1.807, 2.05) is 12.1 Å². The number of phenolic OH excluding ortho intramolecular Hbond substituents is 1. The molecule has 1 aliphatic carbocycles. The van der Waals surface area contributed by atoms with Gasteiger partial charge in [0.15, 0.2) is 0 Å². The van der Waals surface area contributed by atoms with Crippen molar-refractivity contribution >= 4 is 45.2 Å². The zero-order valence-electron chi connectivity index (χ0n) is 7.59. The topological polar surface area (TPSA) is 20.2 Å². The van der Waals surface area contributed by atoms with Crippen LogP contribution in [0.4, 0.5) is 0 Å². The fourth-order valence-electron chi connectivity index (χ4n) is 1.95. The normalized spacial score (nSPS) is 11.6. The minimum atomic E-state index is 0.342. The standard InChI is InChI=1S/C12H6I2O/c13-10-4-3-8-7-2-1-6(15)5-9(7)11(8)12(10)14/h1-5,15H. The number of aromatic hydroxyl groups is 1. The average Bonchev–Trinajstić information content (AvgIpc) is 2.19. The molecule has 74 valence electrons. The van der Waals surface area contributed by atoms with Gasteiger partial charge in [-0.15, -0.1) is 0 Å². The molecular weight excluding hydrogens is 414 g/mol. The molecule has 0 spiro atoms. The van der Waals surface area contributed by atoms with Gasteiger partial charge >= 0.3 is 0 Å². The van der Waals surface area contributed by atoms with Gasteiger partial charge in [0.05, 0.1) is 0 Å². The maximum absolute atomic E-state index is 9.45. The van der Waals surface area contributed by atoms with Crippen LogP contribution >= 0.6 is 45.2 Å². The van der Waals surface area contributed by atoms with Crippen LogP contribution in [0.15, 0.2) is 30.3 Å². The summed E-state index contributed by atoms with van der Waals surface area (Å²) in [5.74, 6) is 0.342. The third-order valence-corrected chi connectivity index (χ3v) is 5.71. The molecule has 2 aromatic carbocycles. The van der Waals surface area contributed by atoms with E-state index in [-0.39, 0.29) is 0 Å². The van der Waals surface area contributed by atoms with Crippen molar-refractivity contribution in [2.75, 3.05) is 0 Å². The van der Waals surface area contributed by atoms with Crippen LogP contribution in [0, 0.1) is 28.0 Å². The monoisotopic (exact) mass is 420 g/mol. The lowest BCUT2D eigenvalue weighted by Gasteiger charge is -2.08. The lowest BCUT2D eigenvalue weighted by atomic mass is 10.0. The molecule has 1 nitrogen and oxygen atoms in total. The zero-order valence-corrected chi connectivity index (χ0v) is 11.9. The zero-order chi connectivity index (χ0) is 10.6. The van der Waals surface area contributed by atoms with Gasteiger partial charge in [-0.1, -0.05) is 12.1 Å². The highest BCUT2D eigenvalue weighted by molar-refractivity contribution is 14.1. The van der Waals surface area contributed by atoms with Gasteiger partial charge in [0.1, 0.15) is 5.75 Å². The first-order valence-corrected chi connectivity index (χ1v) is 6.66. The Morgan fingerprint density at radius 2 is 1.60 bits per heavy atom. The van der Waals surface area contributed by atoms with E-state index in [9.17, 15) is 5.11 Å². The van der Waals surface area contributed by atoms with Crippen molar-refractivity contribution in [3.05, 3.63) is 58.3 Å². The smallest absolute Gasteiger partial charge is 0.116 e. The second-order valence-corrected chi connectivity index (χ2v) is 5.75. The predicted molar refractivity (Wildman–Crippen MR) is 75.3 cm³/mol. The van der Waals surface area contributed by atoms with Crippen molar-refractivity contribution in [1.82, 2.24) is 0 Å². The Hall–Kier alpha value is -0.300. The van der Waals surface area contributed by atoms with Crippen molar-refractivity contribution < 1.29 is 5.11 Å². The summed E-state index contributed by atoms with van der Waals surface area (Å²) < 4.78 is 2.55. The van der Waals surface area contributed by atoms with Gasteiger partial charge in [-0.3, -0.25) is 0 Å². The van der Waals surface area contributed by atoms with Crippen molar-refractivity contribution in [2.24, 2.45) is 0 Å². The molecule has 3 rings (SSSR count). The molecule has 0 aliphatic heterocycles. The largest absolute Gasteiger partial charge is 0.508 e. The summed E-state index contributed by atoms with van der Waals surface area (Å²) in [5.41, 5.74) is 0. The van der Waals surface area contributed by atoms with Crippen molar-refractivity contribution in [1.29, 1.82) is 0 Å². The van der Waals surface area contributed by atoms with Gasteiger partial charge in [-0.05, 0) is 79.0 Å². The van der Waals surface area contributed by atoms with Crippen molar-refractivity contribution in [2.45, 2.75) is 0 Å². The van der Waals surface area contributed by atoms with E-state index in [1.54, 1.807) is 6.07 Å². The molecule has 0 heterocycles. The lowest BCUT2D eigenvalue weighted by Crippen LogP contribution is -1.95. The maximum Gasteiger partial charge on any atom is 0.116 e. The van der Waals surface area contributed by atoms with E-state index in [1.165, 1.54) is 28.0 Å². The fourth-order valence-corrected chi connectivity index (χ4v) is 3.16. The van der Waals surface area contributed by atoms with Crippen LogP contribution in [-0.2, 0) is 0 Å². The molecule has 2 aromatic rings. The molecule has 0 saturated heterocycles. The van der Waals surface area contributed by atoms with Gasteiger partial charge < -0.3 is 5.11 Å². The summed E-state index contributed by atoms with van der Waals surface area (Å²) in [6.45, 7) is 0. The molecule has 0 atom stereocenters. The van der Waals surface area contributed by atoms with Crippen LogP contribution in [0.25, 0.3) is 0 Å². The summed E-state index contributed by atoms with van der Waals surface area (Å²) in [7, 11) is 0. The third-order valence-electron chi connectivity index (χ3n) is 2.66. The first kappa shape index (κ1) is 9.89. The van der Waals surface area contributed by atoms with Crippen LogP contribution in [0.2, 0.25) is 0 Å². The molecular formula is C12H6I2O. The number of rotatable bonds is 0. The van der Waals surface area contributed by atoms with Crippen molar-refractivity contribution in [3.8, 4) is 5.75 Å². The first-order chi connectivity index (χ1) is 7.18. The first-order valence-electron chi connectivity index (χ1n) is 4.50. The second kappa shape index (κ2) is 3.35. The molecule has 0 amide bonds. The molecule has 15 heavy (non-hydrogen) atoms. The van der Waals surface area contributed by atoms with Gasteiger partial charge in [0, 0.05) is 12.4 Å². The maximum atomic E-state index is 9.45. The highest BCUT2D eigenvalue weighted by Gasteiger charge is 2.08. The summed E-state index contributed by atoms with van der Waals surface area (Å²) in [6, 6.07) is 9.86. The minimum Gasteiger partial charge on any atom is -0.508 e. The molecule has 0 bridgehead atoms. The van der Waals surface area contributed by atoms with E-state index < -0.39 is 0 Å². The van der Waals surface area contributed by atoms with E-state index >= 15 is 0 Å². The summed E-state index contributed by atoms with van der Waals surface area (Å²) in [4.78, 5) is 0. The summed E-state index contributed by atoms with van der Waals surface area (Å²) >= 11 is 4.70. The highest BCUT2D eigenvalue weighted by Crippen LogP contribution is 2.24. The van der Waals surface area contributed by atoms with E-state index in [4.69, 9.17) is 0 Å². The molecule has 0 radical (unpaired) electrons. The van der Waals surface area contributed by atoms with Crippen LogP contribution < -0.4 is 0 Å². The van der Waals surface area contributed by atoms with Crippen molar-refractivity contribution in [3.63, 3.8) is 0 Å². The number of phenols is 1. The predicted octanol–water partition coefficient (Wildman–Crippen LogP) is 3.49. The van der Waals surface area contributed by atoms with E-state index in [2.05, 4.69) is 57.3 Å². The highest BCUT2D eigenvalue weighted by atomic mass is 127. The van der Waals surface area contributed by atoms with Gasteiger partial charge in [-0.2, -0.15) is 0 Å². The van der Waals surface area contributed by atoms with Gasteiger partial charge in [0.25, 0.3) is 0 Å². The molecule has 3 heteroatoms. The summed E-state index contributed by atoms with van der Waals surface area (Å²) in [5, 5.41) is 14.5. The van der Waals surface area contributed by atoms with Gasteiger partial charge in [0.2, 0.25) is 0 Å². The molecule has 0 unspecified atom stereocenters.